The highest BCUT2D eigenvalue weighted by Crippen LogP contribution is 2.22. The van der Waals surface area contributed by atoms with E-state index in [4.69, 9.17) is 9.63 Å². The van der Waals surface area contributed by atoms with E-state index in [1.807, 2.05) is 4.90 Å². The molecule has 0 aromatic carbocycles. The summed E-state index contributed by atoms with van der Waals surface area (Å²) in [6.45, 7) is 2.50. The largest absolute Gasteiger partial charge is 0.481 e. The van der Waals surface area contributed by atoms with Gasteiger partial charge in [-0.25, -0.2) is 0 Å². The lowest BCUT2D eigenvalue weighted by Crippen LogP contribution is -2.43. The molecule has 1 aromatic heterocycles. The Balaban J connectivity index is 1.79. The molecule has 0 bridgehead atoms. The predicted octanol–water partition coefficient (Wildman–Crippen LogP) is 1.95. The van der Waals surface area contributed by atoms with Gasteiger partial charge in [-0.1, -0.05) is 5.16 Å². The van der Waals surface area contributed by atoms with Gasteiger partial charge < -0.3 is 14.5 Å². The van der Waals surface area contributed by atoms with Crippen molar-refractivity contribution in [2.45, 2.75) is 64.3 Å². The Kier molecular flexibility index (Phi) is 5.91. The van der Waals surface area contributed by atoms with Crippen LogP contribution in [-0.4, -0.2) is 44.6 Å². The van der Waals surface area contributed by atoms with Crippen LogP contribution in [-0.2, 0) is 16.0 Å². The van der Waals surface area contributed by atoms with Crippen LogP contribution < -0.4 is 0 Å². The van der Waals surface area contributed by atoms with Crippen LogP contribution in [0.5, 0.6) is 0 Å². The smallest absolute Gasteiger partial charge is 0.303 e. The van der Waals surface area contributed by atoms with Crippen molar-refractivity contribution < 1.29 is 19.2 Å². The summed E-state index contributed by atoms with van der Waals surface area (Å²) in [6.07, 6.45) is 5.34. The minimum absolute atomic E-state index is 0.0722. The van der Waals surface area contributed by atoms with Gasteiger partial charge in [-0.2, -0.15) is 4.98 Å². The van der Waals surface area contributed by atoms with E-state index in [-0.39, 0.29) is 18.4 Å². The molecule has 7 heteroatoms. The maximum atomic E-state index is 12.4. The van der Waals surface area contributed by atoms with Gasteiger partial charge in [0.25, 0.3) is 0 Å². The number of carbonyl (C=O) groups is 2. The first-order chi connectivity index (χ1) is 10.6. The number of piperidine rings is 1. The number of aryl methyl sites for hydroxylation is 2. The molecule has 1 fully saturated rings. The van der Waals surface area contributed by atoms with Crippen molar-refractivity contribution >= 4 is 11.9 Å². The van der Waals surface area contributed by atoms with Crippen LogP contribution in [0.2, 0.25) is 0 Å². The summed E-state index contributed by atoms with van der Waals surface area (Å²) >= 11 is 0. The van der Waals surface area contributed by atoms with Gasteiger partial charge >= 0.3 is 5.97 Å². The number of hydrogen-bond donors (Lipinski definition) is 1. The number of aromatic nitrogens is 2. The summed E-state index contributed by atoms with van der Waals surface area (Å²) in [5, 5.41) is 12.5. The fourth-order valence-corrected chi connectivity index (χ4v) is 2.90. The van der Waals surface area contributed by atoms with E-state index in [9.17, 15) is 9.59 Å². The lowest BCUT2D eigenvalue weighted by atomic mass is 9.97. The highest BCUT2D eigenvalue weighted by atomic mass is 16.5. The van der Waals surface area contributed by atoms with Gasteiger partial charge in [-0.15, -0.1) is 0 Å². The molecule has 1 atom stereocenters. The molecule has 2 rings (SSSR count). The van der Waals surface area contributed by atoms with Gasteiger partial charge in [0, 0.05) is 31.8 Å². The number of nitrogens with zero attached hydrogens (tertiary/aromatic N) is 3. The number of hydrogen-bond acceptors (Lipinski definition) is 5. The van der Waals surface area contributed by atoms with E-state index < -0.39 is 5.97 Å². The number of carbonyl (C=O) groups excluding carboxylic acids is 1. The molecule has 122 valence electrons. The third kappa shape index (κ3) is 4.82. The summed E-state index contributed by atoms with van der Waals surface area (Å²) < 4.78 is 5.03. The van der Waals surface area contributed by atoms with Gasteiger partial charge in [0.05, 0.1) is 0 Å². The van der Waals surface area contributed by atoms with Crippen molar-refractivity contribution in [3.8, 4) is 0 Å². The number of aliphatic carboxylic acids is 1. The monoisotopic (exact) mass is 309 g/mol. The second kappa shape index (κ2) is 7.91. The maximum Gasteiger partial charge on any atom is 0.303 e. The quantitative estimate of drug-likeness (QED) is 0.827. The first-order valence-electron chi connectivity index (χ1n) is 7.86. The molecule has 0 aliphatic carbocycles. The first-order valence-corrected chi connectivity index (χ1v) is 7.86. The minimum Gasteiger partial charge on any atom is -0.481 e. The predicted molar refractivity (Wildman–Crippen MR) is 78.2 cm³/mol. The highest BCUT2D eigenvalue weighted by Gasteiger charge is 2.26. The molecule has 0 spiro atoms. The van der Waals surface area contributed by atoms with Crippen molar-refractivity contribution in [2.24, 2.45) is 0 Å². The van der Waals surface area contributed by atoms with Crippen molar-refractivity contribution in [1.29, 1.82) is 0 Å². The maximum absolute atomic E-state index is 12.4. The van der Waals surface area contributed by atoms with Gasteiger partial charge in [-0.05, 0) is 39.0 Å². The summed E-state index contributed by atoms with van der Waals surface area (Å²) in [7, 11) is 0. The second-order valence-electron chi connectivity index (χ2n) is 5.76. The second-order valence-corrected chi connectivity index (χ2v) is 5.76. The molecular weight excluding hydrogens is 286 g/mol. The molecule has 0 saturated carbocycles. The van der Waals surface area contributed by atoms with Crippen molar-refractivity contribution in [2.75, 3.05) is 6.54 Å². The fraction of sp³-hybridized carbons (Fsp3) is 0.733. The van der Waals surface area contributed by atoms with Crippen molar-refractivity contribution in [3.63, 3.8) is 0 Å². The molecule has 0 unspecified atom stereocenters. The zero-order chi connectivity index (χ0) is 15.9. The van der Waals surface area contributed by atoms with Crippen LogP contribution in [0.1, 0.15) is 56.7 Å². The molecule has 22 heavy (non-hydrogen) atoms. The summed E-state index contributed by atoms with van der Waals surface area (Å²) in [5.74, 6) is 0.466. The fourth-order valence-electron chi connectivity index (χ4n) is 2.90. The average molecular weight is 309 g/mol. The van der Waals surface area contributed by atoms with Crippen LogP contribution in [0, 0.1) is 6.92 Å². The Bertz CT molecular complexity index is 515. The third-order valence-electron chi connectivity index (χ3n) is 3.99. The van der Waals surface area contributed by atoms with E-state index in [0.717, 1.165) is 25.8 Å². The van der Waals surface area contributed by atoms with Gasteiger partial charge in [0.2, 0.25) is 11.8 Å². The molecule has 1 aliphatic heterocycles. The number of rotatable bonds is 7. The van der Waals surface area contributed by atoms with E-state index in [1.54, 1.807) is 6.92 Å². The van der Waals surface area contributed by atoms with Crippen LogP contribution >= 0.6 is 0 Å². The average Bonchev–Trinajstić information content (AvgIpc) is 2.91. The van der Waals surface area contributed by atoms with Crippen molar-refractivity contribution in [3.05, 3.63) is 11.7 Å². The molecule has 1 aliphatic rings. The Morgan fingerprint density at radius 3 is 2.86 bits per heavy atom. The van der Waals surface area contributed by atoms with E-state index >= 15 is 0 Å². The lowest BCUT2D eigenvalue weighted by Gasteiger charge is -2.35. The molecule has 1 amide bonds. The number of likely N-dealkylation sites (tertiary alicyclic amines) is 1. The van der Waals surface area contributed by atoms with Crippen molar-refractivity contribution in [1.82, 2.24) is 15.0 Å². The molecule has 2 heterocycles. The number of carboxylic acids is 1. The molecule has 7 nitrogen and oxygen atoms in total. The molecular formula is C15H23N3O4. The molecule has 1 saturated heterocycles. The molecule has 1 aromatic rings. The lowest BCUT2D eigenvalue weighted by molar-refractivity contribution is -0.140. The Labute approximate surface area is 129 Å². The highest BCUT2D eigenvalue weighted by molar-refractivity contribution is 5.76. The SMILES string of the molecule is Cc1noc(CCCC(=O)N2CCCC[C@H]2CCC(=O)O)n1. The number of carboxylic acid groups (broad SMARTS) is 1. The Hall–Kier alpha value is -1.92. The Morgan fingerprint density at radius 2 is 2.18 bits per heavy atom. The summed E-state index contributed by atoms with van der Waals surface area (Å²) in [4.78, 5) is 29.1. The molecule has 0 radical (unpaired) electrons. The standard InChI is InChI=1S/C15H23N3O4/c1-11-16-13(22-17-11)6-4-7-14(19)18-10-3-2-5-12(18)8-9-15(20)21/h12H,2-10H2,1H3,(H,20,21)/t12-/m0/s1. The normalized spacial score (nSPS) is 18.4. The van der Waals surface area contributed by atoms with E-state index in [0.29, 0.717) is 37.4 Å². The summed E-state index contributed by atoms with van der Waals surface area (Å²) in [5.41, 5.74) is 0. The van der Waals surface area contributed by atoms with Gasteiger partial charge in [0.15, 0.2) is 5.82 Å². The van der Waals surface area contributed by atoms with E-state index in [2.05, 4.69) is 10.1 Å². The van der Waals surface area contributed by atoms with Gasteiger partial charge in [0.1, 0.15) is 0 Å². The molecule has 1 N–H and O–H groups in total. The topological polar surface area (TPSA) is 96.5 Å². The zero-order valence-electron chi connectivity index (χ0n) is 13.0. The Morgan fingerprint density at radius 1 is 1.36 bits per heavy atom. The van der Waals surface area contributed by atoms with E-state index in [1.165, 1.54) is 0 Å². The van der Waals surface area contributed by atoms with Crippen LogP contribution in [0.25, 0.3) is 0 Å². The third-order valence-corrected chi connectivity index (χ3v) is 3.99. The minimum atomic E-state index is -0.801. The number of amides is 1. The van der Waals surface area contributed by atoms with Crippen LogP contribution in [0.15, 0.2) is 4.52 Å². The van der Waals surface area contributed by atoms with Crippen LogP contribution in [0.3, 0.4) is 0 Å². The summed E-state index contributed by atoms with van der Waals surface area (Å²) in [6, 6.07) is 0.0722. The first kappa shape index (κ1) is 16.5. The van der Waals surface area contributed by atoms with Crippen LogP contribution in [0.4, 0.5) is 0 Å². The zero-order valence-corrected chi connectivity index (χ0v) is 13.0. The van der Waals surface area contributed by atoms with Gasteiger partial charge in [-0.3, -0.25) is 9.59 Å².